The highest BCUT2D eigenvalue weighted by Gasteiger charge is 2.15. The van der Waals surface area contributed by atoms with Crippen molar-refractivity contribution in [3.05, 3.63) is 44.6 Å². The molecule has 3 aromatic rings. The highest BCUT2D eigenvalue weighted by atomic mass is 32.1. The van der Waals surface area contributed by atoms with Crippen LogP contribution in [0.3, 0.4) is 0 Å². The molecule has 0 atom stereocenters. The zero-order chi connectivity index (χ0) is 17.3. The smallest absolute Gasteiger partial charge is 0.343 e. The molecule has 0 bridgehead atoms. The second-order valence-electron chi connectivity index (χ2n) is 5.16. The lowest BCUT2D eigenvalue weighted by molar-refractivity contribution is -0.142. The molecule has 0 amide bonds. The number of hydrogen-bond acceptors (Lipinski definition) is 7. The number of hydrogen-bond donors (Lipinski definition) is 0. The van der Waals surface area contributed by atoms with Gasteiger partial charge in [-0.1, -0.05) is 0 Å². The number of esters is 1. The van der Waals surface area contributed by atoms with Gasteiger partial charge in [0.1, 0.15) is 17.6 Å². The first-order valence-electron chi connectivity index (χ1n) is 7.18. The monoisotopic (exact) mass is 345 g/mol. The summed E-state index contributed by atoms with van der Waals surface area (Å²) in [5.41, 5.74) is 1.96. The van der Waals surface area contributed by atoms with Crippen molar-refractivity contribution >= 4 is 28.3 Å². The largest absolute Gasteiger partial charge is 0.481 e. The van der Waals surface area contributed by atoms with Gasteiger partial charge in [0.25, 0.3) is 0 Å². The molecule has 0 spiro atoms. The lowest BCUT2D eigenvalue weighted by Crippen LogP contribution is -2.13. The van der Waals surface area contributed by atoms with Crippen molar-refractivity contribution in [2.75, 3.05) is 13.7 Å². The molecule has 0 saturated heterocycles. The first-order valence-corrected chi connectivity index (χ1v) is 8.06. The third-order valence-electron chi connectivity index (χ3n) is 3.61. The molecule has 1 aromatic carbocycles. The molecule has 0 aliphatic heterocycles. The highest BCUT2D eigenvalue weighted by molar-refractivity contribution is 7.09. The summed E-state index contributed by atoms with van der Waals surface area (Å²) in [7, 11) is 1.29. The number of aromatic nitrogens is 1. The molecule has 7 heteroatoms. The fourth-order valence-electron chi connectivity index (χ4n) is 2.34. The van der Waals surface area contributed by atoms with Crippen LogP contribution in [0.5, 0.6) is 5.75 Å². The molecule has 0 unspecified atom stereocenters. The summed E-state index contributed by atoms with van der Waals surface area (Å²) in [6.45, 7) is 3.44. The first-order chi connectivity index (χ1) is 11.5. The van der Waals surface area contributed by atoms with Gasteiger partial charge in [0.05, 0.1) is 28.8 Å². The number of aryl methyl sites for hydroxylation is 2. The lowest BCUT2D eigenvalue weighted by atomic mass is 10.1. The van der Waals surface area contributed by atoms with E-state index in [9.17, 15) is 9.59 Å². The minimum absolute atomic E-state index is 0.149. The normalized spacial score (nSPS) is 10.8. The Morgan fingerprint density at radius 2 is 2.12 bits per heavy atom. The van der Waals surface area contributed by atoms with E-state index in [-0.39, 0.29) is 12.0 Å². The fourth-order valence-corrected chi connectivity index (χ4v) is 2.95. The Balaban J connectivity index is 2.04. The van der Waals surface area contributed by atoms with Crippen molar-refractivity contribution in [2.24, 2.45) is 0 Å². The van der Waals surface area contributed by atoms with E-state index in [1.165, 1.54) is 24.7 Å². The van der Waals surface area contributed by atoms with E-state index in [4.69, 9.17) is 9.15 Å². The third kappa shape index (κ3) is 2.90. The molecule has 3 rings (SSSR count). The van der Waals surface area contributed by atoms with E-state index in [1.807, 2.05) is 12.3 Å². The maximum absolute atomic E-state index is 12.7. The number of carbonyl (C=O) groups excluding carboxylic acids is 1. The number of benzene rings is 1. The van der Waals surface area contributed by atoms with Crippen LogP contribution in [0.15, 0.2) is 33.0 Å². The van der Waals surface area contributed by atoms with Crippen LogP contribution in [-0.2, 0) is 9.53 Å². The molecule has 2 heterocycles. The quantitative estimate of drug-likeness (QED) is 0.676. The van der Waals surface area contributed by atoms with Gasteiger partial charge >= 0.3 is 5.97 Å². The summed E-state index contributed by atoms with van der Waals surface area (Å²) < 4.78 is 15.6. The van der Waals surface area contributed by atoms with Gasteiger partial charge in [0, 0.05) is 10.9 Å². The summed E-state index contributed by atoms with van der Waals surface area (Å²) in [5.74, 6) is -0.0153. The van der Waals surface area contributed by atoms with Crippen LogP contribution < -0.4 is 10.2 Å². The summed E-state index contributed by atoms with van der Waals surface area (Å²) >= 11 is 1.47. The summed E-state index contributed by atoms with van der Waals surface area (Å²) in [6, 6.07) is 3.27. The minimum atomic E-state index is -0.481. The molecule has 6 nitrogen and oxygen atoms in total. The van der Waals surface area contributed by atoms with Crippen molar-refractivity contribution in [2.45, 2.75) is 13.8 Å². The number of fused-ring (bicyclic) bond motifs is 1. The zero-order valence-electron chi connectivity index (χ0n) is 13.4. The highest BCUT2D eigenvalue weighted by Crippen LogP contribution is 2.28. The van der Waals surface area contributed by atoms with E-state index in [0.717, 1.165) is 5.01 Å². The third-order valence-corrected chi connectivity index (χ3v) is 4.38. The van der Waals surface area contributed by atoms with Gasteiger partial charge in [0.15, 0.2) is 6.61 Å². The molecule has 0 saturated carbocycles. The van der Waals surface area contributed by atoms with Crippen molar-refractivity contribution in [3.8, 4) is 17.0 Å². The standard InChI is InChI=1S/C17H15NO5S/c1-9-14(22-7-15(19)21-3)5-4-11-16(20)12(6-23-17(9)11)13-8-24-10(2)18-13/h4-6,8H,7H2,1-3H3. The molecule has 0 N–H and O–H groups in total. The second kappa shape index (κ2) is 6.45. The van der Waals surface area contributed by atoms with Gasteiger partial charge in [0.2, 0.25) is 5.43 Å². The maximum Gasteiger partial charge on any atom is 0.343 e. The van der Waals surface area contributed by atoms with E-state index in [1.54, 1.807) is 19.1 Å². The van der Waals surface area contributed by atoms with Crippen molar-refractivity contribution < 1.29 is 18.7 Å². The first kappa shape index (κ1) is 16.2. The Kier molecular flexibility index (Phi) is 4.35. The Bertz CT molecular complexity index is 973. The Morgan fingerprint density at radius 3 is 2.79 bits per heavy atom. The van der Waals surface area contributed by atoms with Gasteiger partial charge in [-0.05, 0) is 26.0 Å². The van der Waals surface area contributed by atoms with E-state index >= 15 is 0 Å². The predicted octanol–water partition coefficient (Wildman–Crippen LogP) is 3.09. The van der Waals surface area contributed by atoms with E-state index in [0.29, 0.717) is 33.5 Å². The van der Waals surface area contributed by atoms with E-state index in [2.05, 4.69) is 9.72 Å². The molecule has 2 aromatic heterocycles. The van der Waals surface area contributed by atoms with E-state index < -0.39 is 5.97 Å². The van der Waals surface area contributed by atoms with Crippen LogP contribution in [0.1, 0.15) is 10.6 Å². The number of rotatable bonds is 4. The molecule has 0 aliphatic rings. The average molecular weight is 345 g/mol. The van der Waals surface area contributed by atoms with Crippen LogP contribution in [0.2, 0.25) is 0 Å². The Labute approximate surface area is 141 Å². The molecular formula is C17H15NO5S. The average Bonchev–Trinajstić information content (AvgIpc) is 3.00. The molecule has 0 fully saturated rings. The SMILES string of the molecule is COC(=O)COc1ccc2c(=O)c(-c3csc(C)n3)coc2c1C. The lowest BCUT2D eigenvalue weighted by Gasteiger charge is -2.10. The predicted molar refractivity (Wildman–Crippen MR) is 90.6 cm³/mol. The topological polar surface area (TPSA) is 78.6 Å². The number of ether oxygens (including phenoxy) is 2. The molecule has 0 aliphatic carbocycles. The van der Waals surface area contributed by atoms with Crippen LogP contribution >= 0.6 is 11.3 Å². The number of carbonyl (C=O) groups is 1. The molecular weight excluding hydrogens is 330 g/mol. The maximum atomic E-state index is 12.7. The second-order valence-corrected chi connectivity index (χ2v) is 6.22. The summed E-state index contributed by atoms with van der Waals surface area (Å²) in [5, 5.41) is 3.15. The van der Waals surface area contributed by atoms with Crippen LogP contribution in [0.4, 0.5) is 0 Å². The number of nitrogens with zero attached hydrogens (tertiary/aromatic N) is 1. The van der Waals surface area contributed by atoms with Crippen LogP contribution in [0, 0.1) is 13.8 Å². The number of methoxy groups -OCH3 is 1. The fraction of sp³-hybridized carbons (Fsp3) is 0.235. The minimum Gasteiger partial charge on any atom is -0.481 e. The molecule has 0 radical (unpaired) electrons. The Hall–Kier alpha value is -2.67. The summed E-state index contributed by atoms with van der Waals surface area (Å²) in [6.07, 6.45) is 1.41. The molecule has 24 heavy (non-hydrogen) atoms. The van der Waals surface area contributed by atoms with Crippen molar-refractivity contribution in [1.29, 1.82) is 0 Å². The van der Waals surface area contributed by atoms with Gasteiger partial charge < -0.3 is 13.9 Å². The molecule has 124 valence electrons. The van der Waals surface area contributed by atoms with Crippen molar-refractivity contribution in [1.82, 2.24) is 4.98 Å². The van der Waals surface area contributed by atoms with Crippen LogP contribution in [-0.4, -0.2) is 24.7 Å². The van der Waals surface area contributed by atoms with Crippen molar-refractivity contribution in [3.63, 3.8) is 0 Å². The van der Waals surface area contributed by atoms with Crippen LogP contribution in [0.25, 0.3) is 22.2 Å². The Morgan fingerprint density at radius 1 is 1.33 bits per heavy atom. The zero-order valence-corrected chi connectivity index (χ0v) is 14.2. The number of thiazole rings is 1. The summed E-state index contributed by atoms with van der Waals surface area (Å²) in [4.78, 5) is 28.2. The van der Waals surface area contributed by atoms with Gasteiger partial charge in [-0.25, -0.2) is 9.78 Å². The van der Waals surface area contributed by atoms with Gasteiger partial charge in [-0.2, -0.15) is 0 Å². The van der Waals surface area contributed by atoms with Gasteiger partial charge in [-0.3, -0.25) is 4.79 Å². The van der Waals surface area contributed by atoms with Gasteiger partial charge in [-0.15, -0.1) is 11.3 Å².